The molecule has 8 nitrogen and oxygen atoms in total. The van der Waals surface area contributed by atoms with Gasteiger partial charge in [0.15, 0.2) is 11.5 Å². The van der Waals surface area contributed by atoms with Crippen molar-refractivity contribution < 1.29 is 23.7 Å². The summed E-state index contributed by atoms with van der Waals surface area (Å²) < 4.78 is 21.3. The quantitative estimate of drug-likeness (QED) is 0.473. The van der Waals surface area contributed by atoms with Crippen LogP contribution >= 0.6 is 11.8 Å². The molecule has 0 atom stereocenters. The van der Waals surface area contributed by atoms with E-state index >= 15 is 0 Å². The first-order valence-electron chi connectivity index (χ1n) is 9.61. The summed E-state index contributed by atoms with van der Waals surface area (Å²) in [5, 5.41) is 10.6. The fourth-order valence-corrected chi connectivity index (χ4v) is 4.43. The van der Waals surface area contributed by atoms with E-state index in [9.17, 15) is 10.1 Å². The molecule has 0 radical (unpaired) electrons. The number of ether oxygens (including phenoxy) is 4. The molecule has 0 amide bonds. The lowest BCUT2D eigenvalue weighted by molar-refractivity contribution is -0.137. The van der Waals surface area contributed by atoms with Crippen LogP contribution in [0.1, 0.15) is 16.8 Å². The molecule has 1 aromatic carbocycles. The Labute approximate surface area is 186 Å². The van der Waals surface area contributed by atoms with E-state index in [1.807, 2.05) is 13.1 Å². The molecule has 0 spiro atoms. The second-order valence-electron chi connectivity index (χ2n) is 6.96. The van der Waals surface area contributed by atoms with Gasteiger partial charge in [-0.1, -0.05) is 11.8 Å². The standard InChI is InChI=1S/C22H25N3O5S/c1-25-7-6-16-15(11-25)21(14(10-23)22(24-16)31-12-20(26)30-5)13-8-18(28-3)19(29-4)9-17(13)27-2/h8-9H,6-7,11-12H2,1-5H3. The number of hydrogen-bond donors (Lipinski definition) is 0. The number of carbonyl (C=O) groups excluding carboxylic acids is 1. The molecule has 0 saturated heterocycles. The Bertz CT molecular complexity index is 1040. The van der Waals surface area contributed by atoms with Gasteiger partial charge in [0.2, 0.25) is 0 Å². The Kier molecular flexibility index (Phi) is 7.25. The molecule has 1 aromatic heterocycles. The predicted octanol–water partition coefficient (Wildman–Crippen LogP) is 2.90. The molecule has 1 aliphatic rings. The molecule has 3 rings (SSSR count). The van der Waals surface area contributed by atoms with Gasteiger partial charge in [-0.15, -0.1) is 0 Å². The molecule has 2 aromatic rings. The number of aromatic nitrogens is 1. The van der Waals surface area contributed by atoms with E-state index in [-0.39, 0.29) is 11.7 Å². The van der Waals surface area contributed by atoms with Crippen molar-refractivity contribution in [1.82, 2.24) is 9.88 Å². The number of hydrogen-bond acceptors (Lipinski definition) is 9. The molecular weight excluding hydrogens is 418 g/mol. The van der Waals surface area contributed by atoms with Crippen LogP contribution in [0.2, 0.25) is 0 Å². The van der Waals surface area contributed by atoms with Crippen LogP contribution in [-0.2, 0) is 22.5 Å². The number of thioether (sulfide) groups is 1. The lowest BCUT2D eigenvalue weighted by Gasteiger charge is -2.28. The Morgan fingerprint density at radius 1 is 1.16 bits per heavy atom. The molecule has 0 aliphatic carbocycles. The first-order chi connectivity index (χ1) is 15.0. The summed E-state index contributed by atoms with van der Waals surface area (Å²) in [4.78, 5) is 18.7. The number of fused-ring (bicyclic) bond motifs is 1. The summed E-state index contributed by atoms with van der Waals surface area (Å²) in [5.74, 6) is 1.31. The van der Waals surface area contributed by atoms with Crippen molar-refractivity contribution in [2.75, 3.05) is 47.8 Å². The van der Waals surface area contributed by atoms with Crippen molar-refractivity contribution in [3.63, 3.8) is 0 Å². The number of methoxy groups -OCH3 is 4. The van der Waals surface area contributed by atoms with Crippen molar-refractivity contribution >= 4 is 17.7 Å². The zero-order chi connectivity index (χ0) is 22.5. The van der Waals surface area contributed by atoms with Gasteiger partial charge in [-0.2, -0.15) is 5.26 Å². The summed E-state index contributed by atoms with van der Waals surface area (Å²) in [5.41, 5.74) is 3.73. The Morgan fingerprint density at radius 2 is 1.84 bits per heavy atom. The first-order valence-corrected chi connectivity index (χ1v) is 10.6. The van der Waals surface area contributed by atoms with Crippen molar-refractivity contribution in [2.45, 2.75) is 18.0 Å². The second kappa shape index (κ2) is 9.90. The summed E-state index contributed by atoms with van der Waals surface area (Å²) in [6.45, 7) is 1.50. The van der Waals surface area contributed by atoms with Crippen molar-refractivity contribution in [3.05, 3.63) is 29.0 Å². The minimum Gasteiger partial charge on any atom is -0.496 e. The lowest BCUT2D eigenvalue weighted by Crippen LogP contribution is -2.28. The average molecular weight is 444 g/mol. The first kappa shape index (κ1) is 22.7. The number of carbonyl (C=O) groups is 1. The molecule has 0 bridgehead atoms. The number of benzene rings is 1. The van der Waals surface area contributed by atoms with Gasteiger partial charge in [0.1, 0.15) is 16.8 Å². The van der Waals surface area contributed by atoms with Gasteiger partial charge in [-0.3, -0.25) is 4.79 Å². The van der Waals surface area contributed by atoms with Crippen LogP contribution in [0.25, 0.3) is 11.1 Å². The third kappa shape index (κ3) is 4.55. The van der Waals surface area contributed by atoms with Gasteiger partial charge in [-0.25, -0.2) is 4.98 Å². The smallest absolute Gasteiger partial charge is 0.316 e. The molecular formula is C22H25N3O5S. The molecule has 164 valence electrons. The lowest BCUT2D eigenvalue weighted by atomic mass is 9.91. The monoisotopic (exact) mass is 443 g/mol. The van der Waals surface area contributed by atoms with Crippen molar-refractivity contribution in [3.8, 4) is 34.4 Å². The largest absolute Gasteiger partial charge is 0.496 e. The van der Waals surface area contributed by atoms with Crippen LogP contribution in [0.15, 0.2) is 17.2 Å². The van der Waals surface area contributed by atoms with Crippen molar-refractivity contribution in [1.29, 1.82) is 5.26 Å². The van der Waals surface area contributed by atoms with E-state index in [0.717, 1.165) is 29.8 Å². The molecule has 31 heavy (non-hydrogen) atoms. The van der Waals surface area contributed by atoms with E-state index in [4.69, 9.17) is 23.9 Å². The number of rotatable bonds is 7. The average Bonchev–Trinajstić information content (AvgIpc) is 2.80. The zero-order valence-electron chi connectivity index (χ0n) is 18.3. The van der Waals surface area contributed by atoms with E-state index in [1.165, 1.54) is 18.9 Å². The van der Waals surface area contributed by atoms with Gasteiger partial charge in [0, 0.05) is 42.4 Å². The fourth-order valence-electron chi connectivity index (χ4n) is 3.59. The van der Waals surface area contributed by atoms with Crippen molar-refractivity contribution in [2.24, 2.45) is 0 Å². The summed E-state index contributed by atoms with van der Waals surface area (Å²) in [6, 6.07) is 5.87. The highest BCUT2D eigenvalue weighted by Gasteiger charge is 2.28. The molecule has 0 fully saturated rings. The van der Waals surface area contributed by atoms with Crippen LogP contribution in [0.5, 0.6) is 17.2 Å². The molecule has 0 unspecified atom stereocenters. The number of nitriles is 1. The van der Waals surface area contributed by atoms with Gasteiger partial charge >= 0.3 is 5.97 Å². The predicted molar refractivity (Wildman–Crippen MR) is 117 cm³/mol. The Hall–Kier alpha value is -2.96. The maximum atomic E-state index is 11.7. The molecule has 0 saturated carbocycles. The summed E-state index contributed by atoms with van der Waals surface area (Å²) in [6.07, 6.45) is 0.742. The highest BCUT2D eigenvalue weighted by Crippen LogP contribution is 2.45. The SMILES string of the molecule is COC(=O)CSc1nc2c(c(-c3cc(OC)c(OC)cc3OC)c1C#N)CN(C)CC2. The van der Waals surface area contributed by atoms with Crippen LogP contribution < -0.4 is 14.2 Å². The number of likely N-dealkylation sites (N-methyl/N-ethyl adjacent to an activating group) is 1. The topological polar surface area (TPSA) is 93.9 Å². The minimum atomic E-state index is -0.376. The van der Waals surface area contributed by atoms with Crippen LogP contribution in [0, 0.1) is 11.3 Å². The molecule has 2 heterocycles. The number of esters is 1. The number of pyridine rings is 1. The second-order valence-corrected chi connectivity index (χ2v) is 7.93. The maximum Gasteiger partial charge on any atom is 0.316 e. The van der Waals surface area contributed by atoms with E-state index in [2.05, 4.69) is 11.0 Å². The van der Waals surface area contributed by atoms with Gasteiger partial charge in [0.05, 0.1) is 39.8 Å². The maximum absolute atomic E-state index is 11.7. The molecule has 0 N–H and O–H groups in total. The van der Waals surface area contributed by atoms with Gasteiger partial charge < -0.3 is 23.8 Å². The van der Waals surface area contributed by atoms with E-state index in [0.29, 0.717) is 39.9 Å². The highest BCUT2D eigenvalue weighted by atomic mass is 32.2. The fraction of sp³-hybridized carbons (Fsp3) is 0.409. The van der Waals surface area contributed by atoms with Gasteiger partial charge in [0.25, 0.3) is 0 Å². The third-order valence-electron chi connectivity index (χ3n) is 5.15. The minimum absolute atomic E-state index is 0.0688. The van der Waals surface area contributed by atoms with E-state index in [1.54, 1.807) is 27.4 Å². The van der Waals surface area contributed by atoms with E-state index < -0.39 is 0 Å². The van der Waals surface area contributed by atoms with Gasteiger partial charge in [-0.05, 0) is 18.7 Å². The summed E-state index contributed by atoms with van der Waals surface area (Å²) >= 11 is 1.20. The highest BCUT2D eigenvalue weighted by molar-refractivity contribution is 7.99. The van der Waals surface area contributed by atoms with Crippen LogP contribution in [-0.4, -0.2) is 63.6 Å². The zero-order valence-corrected chi connectivity index (χ0v) is 19.1. The molecule has 9 heteroatoms. The number of nitrogens with zero attached hydrogens (tertiary/aromatic N) is 3. The Morgan fingerprint density at radius 3 is 2.45 bits per heavy atom. The third-order valence-corrected chi connectivity index (χ3v) is 6.10. The Balaban J connectivity index is 2.30. The van der Waals surface area contributed by atoms with Crippen LogP contribution in [0.4, 0.5) is 0 Å². The normalized spacial score (nSPS) is 13.2. The summed E-state index contributed by atoms with van der Waals surface area (Å²) in [7, 11) is 8.06. The van der Waals surface area contributed by atoms with Crippen LogP contribution in [0.3, 0.4) is 0 Å². The molecule has 1 aliphatic heterocycles.